The molecule has 1 aromatic heterocycles. The number of nitrogens with zero attached hydrogens (tertiary/aromatic N) is 2. The first kappa shape index (κ1) is 25.7. The summed E-state index contributed by atoms with van der Waals surface area (Å²) in [5, 5.41) is 0. The van der Waals surface area contributed by atoms with Crippen molar-refractivity contribution in [3.63, 3.8) is 0 Å². The largest absolute Gasteiger partial charge is 1.00 e. The SMILES string of the molecule is CCCCCCCCCCCCCC[n+]1ccn(C2c3ccccc3-c3ccccc32)c1.[Br-]. The number of rotatable bonds is 14. The van der Waals surface area contributed by atoms with Crippen LogP contribution in [0, 0.1) is 0 Å². The van der Waals surface area contributed by atoms with E-state index in [0.717, 1.165) is 6.54 Å². The summed E-state index contributed by atoms with van der Waals surface area (Å²) in [5.41, 5.74) is 5.60. The second-order valence-electron chi connectivity index (χ2n) is 9.56. The van der Waals surface area contributed by atoms with Gasteiger partial charge in [0.05, 0.1) is 6.54 Å². The van der Waals surface area contributed by atoms with Crippen molar-refractivity contribution in [1.29, 1.82) is 0 Å². The van der Waals surface area contributed by atoms with Crippen molar-refractivity contribution in [3.8, 4) is 11.1 Å². The molecule has 1 aliphatic carbocycles. The van der Waals surface area contributed by atoms with Gasteiger partial charge in [-0.15, -0.1) is 0 Å². The number of aromatic nitrogens is 2. The first-order valence-electron chi connectivity index (χ1n) is 13.1. The maximum Gasteiger partial charge on any atom is 0.244 e. The van der Waals surface area contributed by atoms with Gasteiger partial charge in [0.25, 0.3) is 0 Å². The summed E-state index contributed by atoms with van der Waals surface area (Å²) >= 11 is 0. The zero-order chi connectivity index (χ0) is 22.0. The lowest BCUT2D eigenvalue weighted by atomic mass is 10.1. The zero-order valence-electron chi connectivity index (χ0n) is 20.4. The Bertz CT molecular complexity index is 916. The van der Waals surface area contributed by atoms with Gasteiger partial charge in [0.1, 0.15) is 12.4 Å². The molecule has 0 N–H and O–H groups in total. The molecule has 0 spiro atoms. The highest BCUT2D eigenvalue weighted by Crippen LogP contribution is 2.44. The van der Waals surface area contributed by atoms with E-state index in [1.54, 1.807) is 0 Å². The lowest BCUT2D eigenvalue weighted by Gasteiger charge is -2.09. The van der Waals surface area contributed by atoms with E-state index >= 15 is 0 Å². The van der Waals surface area contributed by atoms with Gasteiger partial charge in [-0.05, 0) is 24.0 Å². The number of fused-ring (bicyclic) bond motifs is 3. The van der Waals surface area contributed by atoms with Gasteiger partial charge in [-0.1, -0.05) is 120 Å². The van der Waals surface area contributed by atoms with E-state index < -0.39 is 0 Å². The Hall–Kier alpha value is -1.87. The number of imidazole rings is 1. The van der Waals surface area contributed by atoms with Gasteiger partial charge >= 0.3 is 0 Å². The fourth-order valence-corrected chi connectivity index (χ4v) is 5.28. The van der Waals surface area contributed by atoms with Crippen molar-refractivity contribution in [1.82, 2.24) is 4.57 Å². The average Bonchev–Trinajstić information content (AvgIpc) is 3.42. The highest BCUT2D eigenvalue weighted by atomic mass is 79.9. The molecule has 0 saturated carbocycles. The van der Waals surface area contributed by atoms with Crippen LogP contribution >= 0.6 is 0 Å². The number of unbranched alkanes of at least 4 members (excludes halogenated alkanes) is 11. The van der Waals surface area contributed by atoms with Crippen LogP contribution in [0.3, 0.4) is 0 Å². The standard InChI is InChI=1S/C30H41N2.BrH/c1-2-3-4-5-6-7-8-9-10-11-12-17-22-31-23-24-32(25-31)30-28-20-15-13-18-26(28)27-19-14-16-21-29(27)30;/h13-16,18-21,23-25,30H,2-12,17,22H2,1H3;1H/q+1;/p-1. The Morgan fingerprint density at radius 1 is 0.667 bits per heavy atom. The highest BCUT2D eigenvalue weighted by molar-refractivity contribution is 5.78. The van der Waals surface area contributed by atoms with E-state index in [1.807, 2.05) is 0 Å². The van der Waals surface area contributed by atoms with Crippen LogP contribution in [0.5, 0.6) is 0 Å². The molecule has 0 radical (unpaired) electrons. The average molecular weight is 510 g/mol. The smallest absolute Gasteiger partial charge is 0.244 e. The third-order valence-corrected chi connectivity index (χ3v) is 7.08. The van der Waals surface area contributed by atoms with Crippen LogP contribution in [0.15, 0.2) is 67.3 Å². The summed E-state index contributed by atoms with van der Waals surface area (Å²) in [6.07, 6.45) is 23.7. The molecule has 0 bridgehead atoms. The normalized spacial score (nSPS) is 12.4. The zero-order valence-corrected chi connectivity index (χ0v) is 22.0. The molecule has 33 heavy (non-hydrogen) atoms. The summed E-state index contributed by atoms with van der Waals surface area (Å²) in [5.74, 6) is 0. The molecule has 2 nitrogen and oxygen atoms in total. The summed E-state index contributed by atoms with van der Waals surface area (Å²) in [7, 11) is 0. The van der Waals surface area contributed by atoms with Gasteiger partial charge in [0.2, 0.25) is 6.33 Å². The van der Waals surface area contributed by atoms with Gasteiger partial charge in [0.15, 0.2) is 6.04 Å². The molecule has 2 aromatic carbocycles. The summed E-state index contributed by atoms with van der Waals surface area (Å²) in [6, 6.07) is 18.0. The van der Waals surface area contributed by atoms with Gasteiger partial charge in [-0.3, -0.25) is 0 Å². The van der Waals surface area contributed by atoms with Gasteiger partial charge < -0.3 is 17.0 Å². The van der Waals surface area contributed by atoms with E-state index in [0.29, 0.717) is 6.04 Å². The van der Waals surface area contributed by atoms with Crippen LogP contribution in [-0.2, 0) is 6.54 Å². The lowest BCUT2D eigenvalue weighted by molar-refractivity contribution is -0.697. The minimum Gasteiger partial charge on any atom is -1.00 e. The van der Waals surface area contributed by atoms with Crippen LogP contribution in [0.1, 0.15) is 101 Å². The minimum absolute atomic E-state index is 0. The fraction of sp³-hybridized carbons (Fsp3) is 0.500. The Kier molecular flexibility index (Phi) is 10.7. The van der Waals surface area contributed by atoms with Crippen molar-refractivity contribution in [3.05, 3.63) is 78.4 Å². The molecule has 0 aliphatic heterocycles. The highest BCUT2D eigenvalue weighted by Gasteiger charge is 2.32. The maximum atomic E-state index is 2.39. The van der Waals surface area contributed by atoms with Gasteiger partial charge in [-0.25, -0.2) is 9.13 Å². The second kappa shape index (κ2) is 13.7. The number of hydrogen-bond donors (Lipinski definition) is 0. The fourth-order valence-electron chi connectivity index (χ4n) is 5.28. The molecule has 178 valence electrons. The summed E-state index contributed by atoms with van der Waals surface area (Å²) in [4.78, 5) is 0. The molecule has 0 unspecified atom stereocenters. The molecular weight excluding hydrogens is 468 g/mol. The van der Waals surface area contributed by atoms with Crippen LogP contribution < -0.4 is 21.5 Å². The molecule has 4 rings (SSSR count). The predicted molar refractivity (Wildman–Crippen MR) is 135 cm³/mol. The summed E-state index contributed by atoms with van der Waals surface area (Å²) < 4.78 is 4.77. The number of halogens is 1. The van der Waals surface area contributed by atoms with Crippen LogP contribution in [0.25, 0.3) is 11.1 Å². The molecule has 0 amide bonds. The van der Waals surface area contributed by atoms with Crippen molar-refractivity contribution < 1.29 is 21.5 Å². The topological polar surface area (TPSA) is 8.81 Å². The van der Waals surface area contributed by atoms with E-state index in [2.05, 4.69) is 83.3 Å². The Labute approximate surface area is 211 Å². The van der Waals surface area contributed by atoms with Crippen LogP contribution in [0.2, 0.25) is 0 Å². The van der Waals surface area contributed by atoms with Crippen molar-refractivity contribution >= 4 is 0 Å². The van der Waals surface area contributed by atoms with E-state index in [4.69, 9.17) is 0 Å². The Morgan fingerprint density at radius 3 is 1.70 bits per heavy atom. The summed E-state index contributed by atoms with van der Waals surface area (Å²) in [6.45, 7) is 3.42. The van der Waals surface area contributed by atoms with Crippen molar-refractivity contribution in [2.75, 3.05) is 0 Å². The van der Waals surface area contributed by atoms with E-state index in [9.17, 15) is 0 Å². The van der Waals surface area contributed by atoms with Crippen molar-refractivity contribution in [2.24, 2.45) is 0 Å². The Balaban J connectivity index is 0.00000306. The molecule has 1 aliphatic rings. The number of aryl methyl sites for hydroxylation is 1. The minimum atomic E-state index is 0. The van der Waals surface area contributed by atoms with Gasteiger partial charge in [0, 0.05) is 11.1 Å². The molecule has 3 heteroatoms. The molecule has 1 heterocycles. The van der Waals surface area contributed by atoms with E-state index in [1.165, 1.54) is 99.3 Å². The molecule has 0 saturated heterocycles. The number of hydrogen-bond acceptors (Lipinski definition) is 0. The first-order chi connectivity index (χ1) is 15.9. The molecule has 0 atom stereocenters. The predicted octanol–water partition coefficient (Wildman–Crippen LogP) is 5.10. The monoisotopic (exact) mass is 508 g/mol. The quantitative estimate of drug-likeness (QED) is 0.165. The molecule has 3 aromatic rings. The van der Waals surface area contributed by atoms with Crippen molar-refractivity contribution in [2.45, 2.75) is 96.6 Å². The first-order valence-corrected chi connectivity index (χ1v) is 13.1. The second-order valence-corrected chi connectivity index (χ2v) is 9.56. The lowest BCUT2D eigenvalue weighted by Crippen LogP contribution is -3.00. The van der Waals surface area contributed by atoms with Crippen LogP contribution in [-0.4, -0.2) is 4.57 Å². The van der Waals surface area contributed by atoms with E-state index in [-0.39, 0.29) is 17.0 Å². The molecule has 0 fully saturated rings. The molecular formula is C30H41BrN2. The third-order valence-electron chi connectivity index (χ3n) is 7.08. The number of benzene rings is 2. The maximum absolute atomic E-state index is 2.39. The van der Waals surface area contributed by atoms with Gasteiger partial charge in [-0.2, -0.15) is 0 Å². The Morgan fingerprint density at radius 2 is 1.15 bits per heavy atom. The third kappa shape index (κ3) is 6.82. The van der Waals surface area contributed by atoms with Crippen LogP contribution in [0.4, 0.5) is 0 Å².